The first-order chi connectivity index (χ1) is 10.3. The molecule has 2 atom stereocenters. The van der Waals surface area contributed by atoms with E-state index in [1.54, 1.807) is 17.1 Å². The molecule has 1 aromatic heterocycles. The Bertz CT molecular complexity index is 606. The highest BCUT2D eigenvalue weighted by molar-refractivity contribution is 5.92. The maximum atomic E-state index is 12.4. The monoisotopic (exact) mass is 283 g/mol. The van der Waals surface area contributed by atoms with Crippen molar-refractivity contribution < 1.29 is 4.79 Å². The molecule has 0 bridgehead atoms. The molecule has 1 N–H and O–H groups in total. The number of nitrogens with zero attached hydrogens (tertiary/aromatic N) is 2. The number of aryl methyl sites for hydroxylation is 1. The van der Waals surface area contributed by atoms with Crippen molar-refractivity contribution in [1.82, 2.24) is 14.9 Å². The molecule has 0 aliphatic heterocycles. The van der Waals surface area contributed by atoms with Crippen LogP contribution in [-0.2, 0) is 7.05 Å². The molecule has 1 aromatic carbocycles. The van der Waals surface area contributed by atoms with E-state index >= 15 is 0 Å². The minimum Gasteiger partial charge on any atom is -0.347 e. The molecule has 4 nitrogen and oxygen atoms in total. The van der Waals surface area contributed by atoms with Crippen LogP contribution >= 0.6 is 0 Å². The van der Waals surface area contributed by atoms with Crippen LogP contribution in [0, 0.1) is 0 Å². The Morgan fingerprint density at radius 2 is 2.00 bits per heavy atom. The van der Waals surface area contributed by atoms with Crippen LogP contribution in [0.2, 0.25) is 0 Å². The van der Waals surface area contributed by atoms with Gasteiger partial charge in [-0.2, -0.15) is 0 Å². The first kappa shape index (κ1) is 13.9. The molecule has 21 heavy (non-hydrogen) atoms. The van der Waals surface area contributed by atoms with Gasteiger partial charge >= 0.3 is 0 Å². The summed E-state index contributed by atoms with van der Waals surface area (Å²) in [6, 6.07) is 10.7. The Hall–Kier alpha value is -2.10. The summed E-state index contributed by atoms with van der Waals surface area (Å²) in [7, 11) is 1.84. The average molecular weight is 283 g/mol. The smallest absolute Gasteiger partial charge is 0.269 e. The Morgan fingerprint density at radius 1 is 1.24 bits per heavy atom. The molecule has 1 saturated carbocycles. The Morgan fingerprint density at radius 3 is 2.71 bits per heavy atom. The van der Waals surface area contributed by atoms with E-state index in [1.165, 1.54) is 18.4 Å². The van der Waals surface area contributed by atoms with Gasteiger partial charge in [-0.25, -0.2) is 4.98 Å². The largest absolute Gasteiger partial charge is 0.347 e. The van der Waals surface area contributed by atoms with Crippen molar-refractivity contribution in [2.45, 2.75) is 37.6 Å². The fraction of sp³-hybridized carbons (Fsp3) is 0.412. The second-order valence-electron chi connectivity index (χ2n) is 5.77. The van der Waals surface area contributed by atoms with Gasteiger partial charge in [-0.3, -0.25) is 4.79 Å². The number of hydrogen-bond acceptors (Lipinski definition) is 2. The topological polar surface area (TPSA) is 46.9 Å². The number of imidazole rings is 1. The number of aromatic nitrogens is 2. The first-order valence-electron chi connectivity index (χ1n) is 7.58. The molecule has 1 aliphatic rings. The fourth-order valence-corrected chi connectivity index (χ4v) is 3.22. The van der Waals surface area contributed by atoms with Crippen LogP contribution in [0.4, 0.5) is 0 Å². The molecule has 0 radical (unpaired) electrons. The molecule has 0 unspecified atom stereocenters. The predicted molar refractivity (Wildman–Crippen MR) is 82.1 cm³/mol. The van der Waals surface area contributed by atoms with E-state index in [9.17, 15) is 4.79 Å². The Labute approximate surface area is 125 Å². The number of amides is 1. The van der Waals surface area contributed by atoms with Gasteiger partial charge in [0.05, 0.1) is 12.5 Å². The van der Waals surface area contributed by atoms with Crippen molar-refractivity contribution in [2.75, 3.05) is 0 Å². The minimum atomic E-state index is -0.0252. The summed E-state index contributed by atoms with van der Waals surface area (Å²) in [4.78, 5) is 16.4. The lowest BCUT2D eigenvalue weighted by Crippen LogP contribution is -2.41. The zero-order valence-electron chi connectivity index (χ0n) is 12.3. The summed E-state index contributed by atoms with van der Waals surface area (Å²) >= 11 is 0. The highest BCUT2D eigenvalue weighted by Gasteiger charge is 2.28. The van der Waals surface area contributed by atoms with Gasteiger partial charge in [-0.05, 0) is 18.4 Å². The molecular weight excluding hydrogens is 262 g/mol. The molecule has 0 spiro atoms. The summed E-state index contributed by atoms with van der Waals surface area (Å²) in [5, 5.41) is 3.21. The van der Waals surface area contributed by atoms with Gasteiger partial charge in [0.2, 0.25) is 0 Å². The van der Waals surface area contributed by atoms with E-state index in [1.807, 2.05) is 13.1 Å². The lowest BCUT2D eigenvalue weighted by Gasteiger charge is -2.32. The zero-order chi connectivity index (χ0) is 14.7. The zero-order valence-corrected chi connectivity index (χ0v) is 12.3. The lowest BCUT2D eigenvalue weighted by atomic mass is 9.80. The fourth-order valence-electron chi connectivity index (χ4n) is 3.22. The van der Waals surface area contributed by atoms with E-state index in [-0.39, 0.29) is 11.9 Å². The van der Waals surface area contributed by atoms with Gasteiger partial charge in [0.25, 0.3) is 5.91 Å². The molecule has 110 valence electrons. The summed E-state index contributed by atoms with van der Waals surface area (Å²) in [6.45, 7) is 0. The van der Waals surface area contributed by atoms with E-state index in [4.69, 9.17) is 0 Å². The predicted octanol–water partition coefficient (Wildman–Crippen LogP) is 2.88. The maximum absolute atomic E-state index is 12.4. The Kier molecular flexibility index (Phi) is 4.04. The summed E-state index contributed by atoms with van der Waals surface area (Å²) in [5.74, 6) is 0.389. The van der Waals surface area contributed by atoms with Crippen molar-refractivity contribution in [3.8, 4) is 0 Å². The van der Waals surface area contributed by atoms with Crippen LogP contribution in [0.15, 0.2) is 42.9 Å². The molecule has 4 heteroatoms. The standard InChI is InChI=1S/C17H21N3O/c1-20-12-18-11-16(20)17(21)19-15-10-6-5-9-14(15)13-7-3-2-4-8-13/h2-4,7-8,11-12,14-15H,5-6,9-10H2,1H3,(H,19,21)/t14-,15+/m0/s1. The van der Waals surface area contributed by atoms with Gasteiger partial charge in [0.1, 0.15) is 5.69 Å². The number of nitrogens with one attached hydrogen (secondary N) is 1. The summed E-state index contributed by atoms with van der Waals surface area (Å²) in [6.07, 6.45) is 7.88. The van der Waals surface area contributed by atoms with Gasteiger partial charge in [-0.1, -0.05) is 43.2 Å². The van der Waals surface area contributed by atoms with Crippen molar-refractivity contribution in [3.05, 3.63) is 54.1 Å². The van der Waals surface area contributed by atoms with Gasteiger partial charge < -0.3 is 9.88 Å². The van der Waals surface area contributed by atoms with Crippen molar-refractivity contribution in [2.24, 2.45) is 7.05 Å². The van der Waals surface area contributed by atoms with Crippen LogP contribution < -0.4 is 5.32 Å². The minimum absolute atomic E-state index is 0.0252. The van der Waals surface area contributed by atoms with Crippen LogP contribution in [0.25, 0.3) is 0 Å². The van der Waals surface area contributed by atoms with Gasteiger partial charge in [0, 0.05) is 19.0 Å². The first-order valence-corrected chi connectivity index (χ1v) is 7.58. The highest BCUT2D eigenvalue weighted by atomic mass is 16.2. The highest BCUT2D eigenvalue weighted by Crippen LogP contribution is 2.33. The van der Waals surface area contributed by atoms with E-state index in [0.29, 0.717) is 11.6 Å². The van der Waals surface area contributed by atoms with Crippen molar-refractivity contribution >= 4 is 5.91 Å². The van der Waals surface area contributed by atoms with Crippen molar-refractivity contribution in [1.29, 1.82) is 0 Å². The molecular formula is C17H21N3O. The van der Waals surface area contributed by atoms with E-state index < -0.39 is 0 Å². The SMILES string of the molecule is Cn1cncc1C(=O)N[C@@H]1CCCC[C@H]1c1ccccc1. The van der Waals surface area contributed by atoms with Crippen LogP contribution in [0.1, 0.15) is 47.7 Å². The maximum Gasteiger partial charge on any atom is 0.269 e. The third kappa shape index (κ3) is 2.99. The molecule has 3 rings (SSSR count). The molecule has 1 amide bonds. The number of hydrogen-bond donors (Lipinski definition) is 1. The molecule has 2 aromatic rings. The second-order valence-corrected chi connectivity index (χ2v) is 5.77. The normalized spacial score (nSPS) is 22.0. The van der Waals surface area contributed by atoms with Crippen LogP contribution in [0.3, 0.4) is 0 Å². The lowest BCUT2D eigenvalue weighted by molar-refractivity contribution is 0.0912. The Balaban J connectivity index is 1.76. The number of carbonyl (C=O) groups excluding carboxylic acids is 1. The molecule has 1 aliphatic carbocycles. The van der Waals surface area contributed by atoms with Crippen LogP contribution in [-0.4, -0.2) is 21.5 Å². The number of rotatable bonds is 3. The third-order valence-corrected chi connectivity index (χ3v) is 4.36. The summed E-state index contributed by atoms with van der Waals surface area (Å²) in [5.41, 5.74) is 1.94. The average Bonchev–Trinajstić information content (AvgIpc) is 2.95. The third-order valence-electron chi connectivity index (χ3n) is 4.36. The van der Waals surface area contributed by atoms with Crippen molar-refractivity contribution in [3.63, 3.8) is 0 Å². The molecule has 0 saturated heterocycles. The quantitative estimate of drug-likeness (QED) is 0.941. The molecule has 1 heterocycles. The van der Waals surface area contributed by atoms with Gasteiger partial charge in [0.15, 0.2) is 0 Å². The van der Waals surface area contributed by atoms with E-state index in [0.717, 1.165) is 12.8 Å². The van der Waals surface area contributed by atoms with Gasteiger partial charge in [-0.15, -0.1) is 0 Å². The van der Waals surface area contributed by atoms with Crippen LogP contribution in [0.5, 0.6) is 0 Å². The summed E-state index contributed by atoms with van der Waals surface area (Å²) < 4.78 is 1.76. The number of carbonyl (C=O) groups is 1. The second kappa shape index (κ2) is 6.12. The van der Waals surface area contributed by atoms with E-state index in [2.05, 4.69) is 34.6 Å². The number of benzene rings is 1. The molecule has 1 fully saturated rings.